The van der Waals surface area contributed by atoms with Gasteiger partial charge in [-0.15, -0.1) is 0 Å². The third-order valence-electron chi connectivity index (χ3n) is 5.63. The molecule has 0 spiro atoms. The van der Waals surface area contributed by atoms with Gasteiger partial charge in [0.2, 0.25) is 0 Å². The highest BCUT2D eigenvalue weighted by molar-refractivity contribution is 6.30. The van der Waals surface area contributed by atoms with E-state index in [0.29, 0.717) is 16.7 Å². The van der Waals surface area contributed by atoms with Crippen molar-refractivity contribution in [3.63, 3.8) is 0 Å². The molecule has 0 aliphatic heterocycles. The van der Waals surface area contributed by atoms with Crippen molar-refractivity contribution in [2.45, 2.75) is 59.1 Å². The van der Waals surface area contributed by atoms with Crippen LogP contribution in [0.15, 0.2) is 59.0 Å². The first-order valence-electron chi connectivity index (χ1n) is 10.8. The van der Waals surface area contributed by atoms with Crippen LogP contribution in [0, 0.1) is 6.92 Å². The first-order valence-corrected chi connectivity index (χ1v) is 11.2. The lowest BCUT2D eigenvalue weighted by atomic mass is 9.95. The maximum Gasteiger partial charge on any atom is 0.287 e. The molecule has 0 saturated carbocycles. The van der Waals surface area contributed by atoms with Crippen LogP contribution in [0.2, 0.25) is 5.02 Å². The summed E-state index contributed by atoms with van der Waals surface area (Å²) in [7, 11) is 0. The molecule has 2 aromatic carbocycles. The molecule has 1 amide bonds. The first kappa shape index (κ1) is 23.0. The molecule has 1 aromatic heterocycles. The van der Waals surface area contributed by atoms with E-state index in [0.717, 1.165) is 29.7 Å². The Morgan fingerprint density at radius 2 is 1.74 bits per heavy atom. The van der Waals surface area contributed by atoms with E-state index in [9.17, 15) is 4.79 Å². The molecule has 1 N–H and O–H groups in total. The van der Waals surface area contributed by atoms with Crippen molar-refractivity contribution in [1.29, 1.82) is 0 Å². The Morgan fingerprint density at radius 3 is 2.39 bits per heavy atom. The highest BCUT2D eigenvalue weighted by atomic mass is 35.5. The minimum Gasteiger partial charge on any atom is -0.485 e. The van der Waals surface area contributed by atoms with E-state index in [1.165, 1.54) is 5.56 Å². The highest BCUT2D eigenvalue weighted by Crippen LogP contribution is 2.25. The monoisotopic (exact) mass is 439 g/mol. The summed E-state index contributed by atoms with van der Waals surface area (Å²) in [6.45, 7) is 8.64. The fourth-order valence-corrected chi connectivity index (χ4v) is 3.67. The maximum absolute atomic E-state index is 12.7. The van der Waals surface area contributed by atoms with Crippen LogP contribution in [0.5, 0.6) is 5.75 Å². The molecule has 3 rings (SSSR count). The Balaban J connectivity index is 1.61. The Hall–Kier alpha value is -2.72. The molecule has 31 heavy (non-hydrogen) atoms. The molecule has 1 heterocycles. The predicted molar refractivity (Wildman–Crippen MR) is 125 cm³/mol. The number of halogens is 1. The number of carbonyl (C=O) groups is 1. The van der Waals surface area contributed by atoms with E-state index >= 15 is 0 Å². The van der Waals surface area contributed by atoms with E-state index in [2.05, 4.69) is 50.4 Å². The molecule has 0 fully saturated rings. The molecule has 4 nitrogen and oxygen atoms in total. The normalized spacial score (nSPS) is 12.9. The van der Waals surface area contributed by atoms with Crippen LogP contribution in [0.25, 0.3) is 0 Å². The van der Waals surface area contributed by atoms with Gasteiger partial charge in [0.1, 0.15) is 18.1 Å². The van der Waals surface area contributed by atoms with Crippen molar-refractivity contribution in [2.24, 2.45) is 0 Å². The number of aryl methyl sites for hydroxylation is 1. The summed E-state index contributed by atoms with van der Waals surface area (Å²) in [5.74, 6) is 1.90. The van der Waals surface area contributed by atoms with Crippen LogP contribution >= 0.6 is 11.6 Å². The molecule has 3 aromatic rings. The van der Waals surface area contributed by atoms with Crippen molar-refractivity contribution in [2.75, 3.05) is 0 Å². The largest absolute Gasteiger partial charge is 0.485 e. The van der Waals surface area contributed by atoms with Gasteiger partial charge < -0.3 is 14.5 Å². The van der Waals surface area contributed by atoms with Gasteiger partial charge in [-0.1, -0.05) is 56.6 Å². The second-order valence-electron chi connectivity index (χ2n) is 7.87. The summed E-state index contributed by atoms with van der Waals surface area (Å²) in [5, 5.41) is 3.74. The molecule has 0 radical (unpaired) electrons. The molecule has 164 valence electrons. The van der Waals surface area contributed by atoms with Crippen LogP contribution in [-0.4, -0.2) is 5.91 Å². The van der Waals surface area contributed by atoms with E-state index in [1.54, 1.807) is 18.2 Å². The smallest absolute Gasteiger partial charge is 0.287 e. The predicted octanol–water partition coefficient (Wildman–Crippen LogP) is 7.22. The highest BCUT2D eigenvalue weighted by Gasteiger charge is 2.18. The van der Waals surface area contributed by atoms with E-state index in [-0.39, 0.29) is 24.3 Å². The van der Waals surface area contributed by atoms with E-state index in [4.69, 9.17) is 20.8 Å². The quantitative estimate of drug-likeness (QED) is 0.383. The van der Waals surface area contributed by atoms with E-state index in [1.807, 2.05) is 19.1 Å². The number of carbonyl (C=O) groups excluding carboxylic acids is 1. The van der Waals surface area contributed by atoms with Crippen LogP contribution in [0.3, 0.4) is 0 Å². The van der Waals surface area contributed by atoms with Crippen molar-refractivity contribution in [3.05, 3.63) is 87.8 Å². The summed E-state index contributed by atoms with van der Waals surface area (Å²) in [5.41, 5.74) is 3.36. The molecule has 0 aliphatic rings. The minimum atomic E-state index is -0.230. The minimum absolute atomic E-state index is 0.0694. The second-order valence-corrected chi connectivity index (χ2v) is 8.31. The fraction of sp³-hybridized carbons (Fsp3) is 0.346. The molecule has 0 aliphatic carbocycles. The van der Waals surface area contributed by atoms with Crippen LogP contribution in [0.4, 0.5) is 0 Å². The molecular formula is C26H30ClNO3. The van der Waals surface area contributed by atoms with Gasteiger partial charge in [0.25, 0.3) is 5.91 Å². The third kappa shape index (κ3) is 5.92. The summed E-state index contributed by atoms with van der Waals surface area (Å²) in [4.78, 5) is 12.7. The fourth-order valence-electron chi connectivity index (χ4n) is 3.44. The molecule has 5 heteroatoms. The van der Waals surface area contributed by atoms with Crippen molar-refractivity contribution < 1.29 is 13.9 Å². The van der Waals surface area contributed by atoms with Gasteiger partial charge in [-0.25, -0.2) is 0 Å². The number of hydrogen-bond acceptors (Lipinski definition) is 3. The lowest BCUT2D eigenvalue weighted by molar-refractivity contribution is 0.0903. The van der Waals surface area contributed by atoms with Crippen molar-refractivity contribution >= 4 is 17.5 Å². The van der Waals surface area contributed by atoms with Crippen LogP contribution in [0.1, 0.15) is 78.6 Å². The van der Waals surface area contributed by atoms with Crippen molar-refractivity contribution in [1.82, 2.24) is 5.32 Å². The summed E-state index contributed by atoms with van der Waals surface area (Å²) >= 11 is 5.98. The lowest BCUT2D eigenvalue weighted by Crippen LogP contribution is -2.27. The number of amides is 1. The molecular weight excluding hydrogens is 410 g/mol. The average molecular weight is 440 g/mol. The SMILES string of the molecule is CCC(C)c1ccc(C(CC)NC(=O)c2ccc(COc3ccc(Cl)cc3C)o2)cc1. The standard InChI is InChI=1S/C26H30ClNO3/c1-5-17(3)19-7-9-20(10-8-19)23(6-2)28-26(29)25-14-12-22(31-25)16-30-24-13-11-21(27)15-18(24)4/h7-15,17,23H,5-6,16H2,1-4H3,(H,28,29). The third-order valence-corrected chi connectivity index (χ3v) is 5.86. The summed E-state index contributed by atoms with van der Waals surface area (Å²) in [6.07, 6.45) is 1.90. The van der Waals surface area contributed by atoms with E-state index < -0.39 is 0 Å². The lowest BCUT2D eigenvalue weighted by Gasteiger charge is -2.18. The van der Waals surface area contributed by atoms with Gasteiger partial charge in [-0.05, 0) is 72.7 Å². The summed E-state index contributed by atoms with van der Waals surface area (Å²) < 4.78 is 11.5. The summed E-state index contributed by atoms with van der Waals surface area (Å²) in [6, 6.07) is 17.3. The Labute approximate surface area is 189 Å². The molecule has 0 saturated heterocycles. The maximum atomic E-state index is 12.7. The topological polar surface area (TPSA) is 51.5 Å². The molecule has 0 bridgehead atoms. The van der Waals surface area contributed by atoms with Gasteiger partial charge in [-0.3, -0.25) is 4.79 Å². The van der Waals surface area contributed by atoms with Gasteiger partial charge in [-0.2, -0.15) is 0 Å². The zero-order chi connectivity index (χ0) is 22.4. The van der Waals surface area contributed by atoms with Gasteiger partial charge in [0.15, 0.2) is 5.76 Å². The van der Waals surface area contributed by atoms with Gasteiger partial charge in [0.05, 0.1) is 6.04 Å². The van der Waals surface area contributed by atoms with Gasteiger partial charge in [0, 0.05) is 5.02 Å². The Morgan fingerprint density at radius 1 is 1.03 bits per heavy atom. The van der Waals surface area contributed by atoms with Crippen LogP contribution in [-0.2, 0) is 6.61 Å². The number of furan rings is 1. The number of hydrogen-bond donors (Lipinski definition) is 1. The Bertz CT molecular complexity index is 1010. The number of nitrogens with one attached hydrogen (secondary N) is 1. The number of benzene rings is 2. The van der Waals surface area contributed by atoms with Crippen molar-refractivity contribution in [3.8, 4) is 5.75 Å². The Kier molecular flexibility index (Phi) is 7.80. The zero-order valence-electron chi connectivity index (χ0n) is 18.6. The first-order chi connectivity index (χ1) is 14.9. The number of rotatable bonds is 9. The van der Waals surface area contributed by atoms with Gasteiger partial charge >= 0.3 is 0 Å². The van der Waals surface area contributed by atoms with Crippen LogP contribution < -0.4 is 10.1 Å². The zero-order valence-corrected chi connectivity index (χ0v) is 19.3. The number of ether oxygens (including phenoxy) is 1. The molecule has 2 unspecified atom stereocenters. The molecule has 2 atom stereocenters. The average Bonchev–Trinajstić information content (AvgIpc) is 3.25. The second kappa shape index (κ2) is 10.5.